The van der Waals surface area contributed by atoms with Gasteiger partial charge < -0.3 is 5.32 Å². The Hall–Kier alpha value is -1.83. The first-order chi connectivity index (χ1) is 11.5. The van der Waals surface area contributed by atoms with Crippen molar-refractivity contribution < 1.29 is 4.79 Å². The zero-order chi connectivity index (χ0) is 17.4. The highest BCUT2D eigenvalue weighted by Crippen LogP contribution is 2.30. The van der Waals surface area contributed by atoms with Crippen LogP contribution in [0.4, 0.5) is 0 Å². The number of allylic oxidation sites excluding steroid dienone is 4. The summed E-state index contributed by atoms with van der Waals surface area (Å²) in [6.07, 6.45) is 9.26. The molecule has 130 valence electrons. The van der Waals surface area contributed by atoms with E-state index in [0.29, 0.717) is 18.3 Å². The highest BCUT2D eigenvalue weighted by Gasteiger charge is 2.21. The van der Waals surface area contributed by atoms with Gasteiger partial charge in [-0.1, -0.05) is 48.9 Å². The molecule has 0 amide bonds. The number of carbonyl (C=O) groups is 1. The van der Waals surface area contributed by atoms with Crippen molar-refractivity contribution in [2.75, 3.05) is 6.54 Å². The third kappa shape index (κ3) is 6.35. The molecule has 0 radical (unpaired) electrons. The zero-order valence-corrected chi connectivity index (χ0v) is 15.3. The summed E-state index contributed by atoms with van der Waals surface area (Å²) in [5.74, 6) is 1.27. The van der Waals surface area contributed by atoms with Crippen molar-refractivity contribution in [3.63, 3.8) is 0 Å². The van der Waals surface area contributed by atoms with Gasteiger partial charge in [0.05, 0.1) is 0 Å². The van der Waals surface area contributed by atoms with Crippen LogP contribution in [-0.4, -0.2) is 12.3 Å². The number of nitrogens with one attached hydrogen (secondary N) is 1. The highest BCUT2D eigenvalue weighted by atomic mass is 16.1. The summed E-state index contributed by atoms with van der Waals surface area (Å²) in [5, 5.41) is 3.51. The van der Waals surface area contributed by atoms with Gasteiger partial charge in [0.15, 0.2) is 5.78 Å². The molecule has 1 aromatic rings. The fraction of sp³-hybridized carbons (Fsp3) is 0.500. The smallest absolute Gasteiger partial charge is 0.158 e. The van der Waals surface area contributed by atoms with Crippen LogP contribution in [0.5, 0.6) is 0 Å². The number of hydrogen-bond donors (Lipinski definition) is 1. The van der Waals surface area contributed by atoms with Gasteiger partial charge in [-0.25, -0.2) is 0 Å². The predicted octanol–water partition coefficient (Wildman–Crippen LogP) is 5.38. The first kappa shape index (κ1) is 18.5. The molecule has 2 atom stereocenters. The molecule has 2 nitrogen and oxygen atoms in total. The van der Waals surface area contributed by atoms with Crippen LogP contribution in [0.3, 0.4) is 0 Å². The number of ketones is 1. The first-order valence-electron chi connectivity index (χ1n) is 9.20. The van der Waals surface area contributed by atoms with Gasteiger partial charge in [0, 0.05) is 24.7 Å². The summed E-state index contributed by atoms with van der Waals surface area (Å²) >= 11 is 0. The third-order valence-corrected chi connectivity index (χ3v) is 4.72. The van der Waals surface area contributed by atoms with Crippen LogP contribution in [0.1, 0.15) is 64.4 Å². The number of rotatable bonds is 8. The van der Waals surface area contributed by atoms with E-state index < -0.39 is 0 Å². The molecule has 0 saturated heterocycles. The lowest BCUT2D eigenvalue weighted by atomic mass is 9.85. The Bertz CT molecular complexity index is 581. The van der Waals surface area contributed by atoms with Crippen molar-refractivity contribution in [3.8, 4) is 0 Å². The Morgan fingerprint density at radius 1 is 1.21 bits per heavy atom. The molecule has 0 aliphatic heterocycles. The standard InChI is InChI=1S/C22H31NO/c1-17(2)8-7-9-18(3)12-13-23-21-14-20(15-22(24)16-21)19-10-5-4-6-11-19/h4-6,8,10-11,16,18,20,23H,7,9,12-15H2,1-3H3. The molecular weight excluding hydrogens is 294 g/mol. The van der Waals surface area contributed by atoms with Crippen molar-refractivity contribution in [1.82, 2.24) is 5.32 Å². The second kappa shape index (κ2) is 9.46. The van der Waals surface area contributed by atoms with Crippen LogP contribution >= 0.6 is 0 Å². The van der Waals surface area contributed by atoms with Gasteiger partial charge in [-0.3, -0.25) is 4.79 Å². The van der Waals surface area contributed by atoms with Crippen LogP contribution in [0.25, 0.3) is 0 Å². The number of benzene rings is 1. The maximum Gasteiger partial charge on any atom is 0.158 e. The van der Waals surface area contributed by atoms with Crippen molar-refractivity contribution in [2.24, 2.45) is 5.92 Å². The largest absolute Gasteiger partial charge is 0.388 e. The number of carbonyl (C=O) groups excluding carboxylic acids is 1. The van der Waals surface area contributed by atoms with Crippen molar-refractivity contribution in [2.45, 2.75) is 58.8 Å². The van der Waals surface area contributed by atoms with Gasteiger partial charge in [-0.2, -0.15) is 0 Å². The molecule has 2 heteroatoms. The highest BCUT2D eigenvalue weighted by molar-refractivity contribution is 5.91. The Morgan fingerprint density at radius 2 is 1.96 bits per heavy atom. The van der Waals surface area contributed by atoms with Gasteiger partial charge >= 0.3 is 0 Å². The average Bonchev–Trinajstić information content (AvgIpc) is 2.55. The van der Waals surface area contributed by atoms with Gasteiger partial charge in [-0.05, 0) is 56.9 Å². The second-order valence-corrected chi connectivity index (χ2v) is 7.33. The minimum Gasteiger partial charge on any atom is -0.388 e. The minimum atomic E-state index is 0.245. The van der Waals surface area contributed by atoms with E-state index >= 15 is 0 Å². The molecule has 1 aliphatic rings. The van der Waals surface area contributed by atoms with Crippen molar-refractivity contribution >= 4 is 5.78 Å². The van der Waals surface area contributed by atoms with E-state index in [2.05, 4.69) is 56.4 Å². The summed E-state index contributed by atoms with van der Waals surface area (Å²) < 4.78 is 0. The average molecular weight is 325 g/mol. The normalized spacial score (nSPS) is 18.7. The first-order valence-corrected chi connectivity index (χ1v) is 9.20. The van der Waals surface area contributed by atoms with Crippen LogP contribution < -0.4 is 5.32 Å². The Morgan fingerprint density at radius 3 is 2.67 bits per heavy atom. The SMILES string of the molecule is CC(C)=CCCC(C)CCNC1=CC(=O)CC(c2ccccc2)C1. The maximum atomic E-state index is 12.0. The van der Waals surface area contributed by atoms with E-state index in [-0.39, 0.29) is 5.78 Å². The Kier molecular flexibility index (Phi) is 7.30. The topological polar surface area (TPSA) is 29.1 Å². The Labute approximate surface area is 147 Å². The summed E-state index contributed by atoms with van der Waals surface area (Å²) in [4.78, 5) is 12.0. The summed E-state index contributed by atoms with van der Waals surface area (Å²) in [6.45, 7) is 7.58. The third-order valence-electron chi connectivity index (χ3n) is 4.72. The molecule has 0 aromatic heterocycles. The molecule has 0 heterocycles. The van der Waals surface area contributed by atoms with Gasteiger partial charge in [0.25, 0.3) is 0 Å². The molecular formula is C22H31NO. The summed E-state index contributed by atoms with van der Waals surface area (Å²) in [5.41, 5.74) is 3.78. The van der Waals surface area contributed by atoms with Gasteiger partial charge in [0.2, 0.25) is 0 Å². The molecule has 2 rings (SSSR count). The van der Waals surface area contributed by atoms with Crippen LogP contribution in [0.15, 0.2) is 53.8 Å². The quantitative estimate of drug-likeness (QED) is 0.650. The molecule has 0 bridgehead atoms. The molecule has 0 saturated carbocycles. The van der Waals surface area contributed by atoms with E-state index in [0.717, 1.165) is 25.1 Å². The lowest BCUT2D eigenvalue weighted by Crippen LogP contribution is -2.23. The lowest BCUT2D eigenvalue weighted by Gasteiger charge is -2.24. The van der Waals surface area contributed by atoms with Crippen molar-refractivity contribution in [1.29, 1.82) is 0 Å². The summed E-state index contributed by atoms with van der Waals surface area (Å²) in [7, 11) is 0. The predicted molar refractivity (Wildman–Crippen MR) is 102 cm³/mol. The number of hydrogen-bond acceptors (Lipinski definition) is 2. The summed E-state index contributed by atoms with van der Waals surface area (Å²) in [6, 6.07) is 10.4. The Balaban J connectivity index is 1.78. The van der Waals surface area contributed by atoms with Crippen LogP contribution in [0, 0.1) is 5.92 Å². The molecule has 2 unspecified atom stereocenters. The fourth-order valence-electron chi connectivity index (χ4n) is 3.26. The van der Waals surface area contributed by atoms with Crippen LogP contribution in [-0.2, 0) is 4.79 Å². The van der Waals surface area contributed by atoms with E-state index in [1.54, 1.807) is 0 Å². The molecule has 0 spiro atoms. The molecule has 0 fully saturated rings. The lowest BCUT2D eigenvalue weighted by molar-refractivity contribution is -0.115. The second-order valence-electron chi connectivity index (χ2n) is 7.33. The molecule has 24 heavy (non-hydrogen) atoms. The molecule has 1 aliphatic carbocycles. The van der Waals surface area contributed by atoms with E-state index in [4.69, 9.17) is 0 Å². The van der Waals surface area contributed by atoms with E-state index in [1.165, 1.54) is 24.0 Å². The monoisotopic (exact) mass is 325 g/mol. The van der Waals surface area contributed by atoms with Gasteiger partial charge in [-0.15, -0.1) is 0 Å². The van der Waals surface area contributed by atoms with Crippen molar-refractivity contribution in [3.05, 3.63) is 59.3 Å². The zero-order valence-electron chi connectivity index (χ0n) is 15.3. The minimum absolute atomic E-state index is 0.245. The van der Waals surface area contributed by atoms with E-state index in [1.807, 2.05) is 12.1 Å². The van der Waals surface area contributed by atoms with E-state index in [9.17, 15) is 4.79 Å². The fourth-order valence-corrected chi connectivity index (χ4v) is 3.26. The molecule has 1 N–H and O–H groups in total. The molecule has 1 aromatic carbocycles. The maximum absolute atomic E-state index is 12.0. The van der Waals surface area contributed by atoms with Crippen LogP contribution in [0.2, 0.25) is 0 Å². The van der Waals surface area contributed by atoms with Gasteiger partial charge in [0.1, 0.15) is 0 Å².